The van der Waals surface area contributed by atoms with Gasteiger partial charge >= 0.3 is 6.03 Å². The number of benzene rings is 1. The minimum absolute atomic E-state index is 0.0968. The van der Waals surface area contributed by atoms with Crippen molar-refractivity contribution in [3.05, 3.63) is 57.9 Å². The van der Waals surface area contributed by atoms with Crippen LogP contribution >= 0.6 is 11.6 Å². The summed E-state index contributed by atoms with van der Waals surface area (Å²) >= 11 is 6.14. The highest BCUT2D eigenvalue weighted by Gasteiger charge is 2.28. The molecule has 1 saturated carbocycles. The monoisotopic (exact) mass is 462 g/mol. The first-order valence-electron chi connectivity index (χ1n) is 10.4. The van der Waals surface area contributed by atoms with E-state index in [0.29, 0.717) is 33.4 Å². The van der Waals surface area contributed by atoms with E-state index >= 15 is 0 Å². The molecule has 2 aliphatic rings. The zero-order chi connectivity index (χ0) is 23.1. The van der Waals surface area contributed by atoms with Crippen LogP contribution in [0.2, 0.25) is 5.02 Å². The molecule has 5 rings (SSSR count). The lowest BCUT2D eigenvalue weighted by molar-refractivity contribution is -0.115. The summed E-state index contributed by atoms with van der Waals surface area (Å²) in [7, 11) is 0. The maximum atomic E-state index is 12.0. The average molecular weight is 463 g/mol. The maximum Gasteiger partial charge on any atom is 0.326 e. The molecule has 3 aromatic rings. The minimum atomic E-state index is -0.587. The van der Waals surface area contributed by atoms with E-state index in [1.807, 2.05) is 25.1 Å². The second-order valence-corrected chi connectivity index (χ2v) is 8.37. The summed E-state index contributed by atoms with van der Waals surface area (Å²) in [5.41, 5.74) is 2.31. The van der Waals surface area contributed by atoms with Crippen LogP contribution < -0.4 is 21.3 Å². The molecule has 1 aliphatic heterocycles. The summed E-state index contributed by atoms with van der Waals surface area (Å²) < 4.78 is 1.55. The Morgan fingerprint density at radius 2 is 2.15 bits per heavy atom. The molecule has 0 spiro atoms. The third kappa shape index (κ3) is 4.06. The molecular formula is C22H19ClN8O2. The number of nitriles is 1. The van der Waals surface area contributed by atoms with Crippen molar-refractivity contribution in [3.63, 3.8) is 0 Å². The number of fused-ring (bicyclic) bond motifs is 1. The fourth-order valence-corrected chi connectivity index (χ4v) is 3.78. The number of halogens is 1. The van der Waals surface area contributed by atoms with Gasteiger partial charge in [0, 0.05) is 16.6 Å². The van der Waals surface area contributed by atoms with Crippen molar-refractivity contribution in [1.82, 2.24) is 25.2 Å². The number of carbonyl (C=O) groups excluding carboxylic acids is 2. The van der Waals surface area contributed by atoms with Crippen LogP contribution in [-0.2, 0) is 4.79 Å². The second kappa shape index (κ2) is 8.11. The third-order valence-electron chi connectivity index (χ3n) is 5.43. The van der Waals surface area contributed by atoms with E-state index in [-0.39, 0.29) is 17.8 Å². The molecule has 2 aromatic heterocycles. The fourth-order valence-electron chi connectivity index (χ4n) is 3.58. The molecule has 3 amide bonds. The van der Waals surface area contributed by atoms with Gasteiger partial charge < -0.3 is 16.0 Å². The van der Waals surface area contributed by atoms with Gasteiger partial charge in [0.1, 0.15) is 17.3 Å². The lowest BCUT2D eigenvalue weighted by Gasteiger charge is -2.19. The molecule has 10 nitrogen and oxygen atoms in total. The Balaban J connectivity index is 1.61. The molecule has 0 unspecified atom stereocenters. The molecule has 3 heterocycles. The number of urea groups is 1. The van der Waals surface area contributed by atoms with Gasteiger partial charge in [-0.05, 0) is 43.5 Å². The van der Waals surface area contributed by atoms with Crippen molar-refractivity contribution >= 4 is 46.9 Å². The van der Waals surface area contributed by atoms with Gasteiger partial charge in [0.25, 0.3) is 5.91 Å². The van der Waals surface area contributed by atoms with Gasteiger partial charge in [-0.25, -0.2) is 9.78 Å². The molecule has 1 aromatic carbocycles. The topological polar surface area (TPSA) is 136 Å². The molecule has 33 heavy (non-hydrogen) atoms. The zero-order valence-corrected chi connectivity index (χ0v) is 18.3. The average Bonchev–Trinajstić information content (AvgIpc) is 3.43. The van der Waals surface area contributed by atoms with Crippen LogP contribution in [0.25, 0.3) is 11.7 Å². The van der Waals surface area contributed by atoms with Crippen LogP contribution in [0.5, 0.6) is 0 Å². The highest BCUT2D eigenvalue weighted by molar-refractivity contribution is 6.30. The maximum absolute atomic E-state index is 12.0. The van der Waals surface area contributed by atoms with Gasteiger partial charge in [0.15, 0.2) is 17.3 Å². The SMILES string of the molecule is C[C@@H](Nc1nc2c(/C=C3\NC(=O)NC3=O)cnn2c(NC2CC2)c1C#N)c1cccc(Cl)c1. The fraction of sp³-hybridized carbons (Fsp3) is 0.227. The Hall–Kier alpha value is -4.10. The van der Waals surface area contributed by atoms with Gasteiger partial charge in [0.05, 0.1) is 12.2 Å². The smallest absolute Gasteiger partial charge is 0.326 e. The zero-order valence-electron chi connectivity index (χ0n) is 17.5. The first-order valence-corrected chi connectivity index (χ1v) is 10.7. The van der Waals surface area contributed by atoms with Gasteiger partial charge in [-0.3, -0.25) is 10.1 Å². The Kier molecular flexibility index (Phi) is 5.11. The number of imide groups is 1. The lowest BCUT2D eigenvalue weighted by atomic mass is 10.1. The molecule has 1 atom stereocenters. The first-order chi connectivity index (χ1) is 15.9. The quantitative estimate of drug-likeness (QED) is 0.326. The third-order valence-corrected chi connectivity index (χ3v) is 5.66. The standard InChI is InChI=1S/C22H19ClN8O2/c1-11(12-3-2-4-14(23)7-12)26-18-16(9-24)20(27-15-5-6-15)31-19(29-18)13(10-25-31)8-17-21(32)30-22(33)28-17/h2-4,7-8,10-11,15,27H,5-6H2,1H3,(H,26,29)(H2,28,30,32,33)/b17-8-/t11-/m1/s1. The number of rotatable bonds is 6. The van der Waals surface area contributed by atoms with Crippen LogP contribution in [0.15, 0.2) is 36.2 Å². The van der Waals surface area contributed by atoms with E-state index in [9.17, 15) is 14.9 Å². The Bertz CT molecular complexity index is 1370. The number of nitrogens with zero attached hydrogens (tertiary/aromatic N) is 4. The van der Waals surface area contributed by atoms with Crippen LogP contribution in [0.1, 0.15) is 42.5 Å². The van der Waals surface area contributed by atoms with Crippen molar-refractivity contribution in [2.75, 3.05) is 10.6 Å². The van der Waals surface area contributed by atoms with E-state index in [1.54, 1.807) is 10.6 Å². The van der Waals surface area contributed by atoms with Crippen LogP contribution in [0, 0.1) is 11.3 Å². The first kappa shape index (κ1) is 20.8. The summed E-state index contributed by atoms with van der Waals surface area (Å²) in [5.74, 6) is 0.369. The summed E-state index contributed by atoms with van der Waals surface area (Å²) in [6, 6.07) is 9.17. The molecule has 0 bridgehead atoms. The lowest BCUT2D eigenvalue weighted by Crippen LogP contribution is -2.22. The van der Waals surface area contributed by atoms with E-state index < -0.39 is 11.9 Å². The summed E-state index contributed by atoms with van der Waals surface area (Å²) in [6.07, 6.45) is 5.05. The van der Waals surface area contributed by atoms with Gasteiger partial charge in [-0.15, -0.1) is 0 Å². The minimum Gasteiger partial charge on any atom is -0.366 e. The number of carbonyl (C=O) groups is 2. The van der Waals surface area contributed by atoms with Gasteiger partial charge in [-0.1, -0.05) is 23.7 Å². The number of anilines is 2. The molecule has 1 aliphatic carbocycles. The van der Waals surface area contributed by atoms with Crippen LogP contribution in [0.3, 0.4) is 0 Å². The second-order valence-electron chi connectivity index (χ2n) is 7.94. The number of nitrogens with one attached hydrogen (secondary N) is 4. The largest absolute Gasteiger partial charge is 0.366 e. The van der Waals surface area contributed by atoms with Crippen molar-refractivity contribution < 1.29 is 9.59 Å². The molecule has 11 heteroatoms. The molecule has 1 saturated heterocycles. The van der Waals surface area contributed by atoms with E-state index in [2.05, 4.69) is 37.4 Å². The highest BCUT2D eigenvalue weighted by atomic mass is 35.5. The predicted molar refractivity (Wildman–Crippen MR) is 122 cm³/mol. The number of hydrogen-bond donors (Lipinski definition) is 4. The van der Waals surface area contributed by atoms with Crippen molar-refractivity contribution in [1.29, 1.82) is 5.26 Å². The number of hydrogen-bond acceptors (Lipinski definition) is 7. The van der Waals surface area contributed by atoms with Gasteiger partial charge in [0.2, 0.25) is 0 Å². The Labute approximate surface area is 193 Å². The molecule has 2 fully saturated rings. The number of amides is 3. The summed E-state index contributed by atoms with van der Waals surface area (Å²) in [6.45, 7) is 1.95. The molecular weight excluding hydrogens is 444 g/mol. The normalized spacial score (nSPS) is 17.5. The molecule has 166 valence electrons. The summed E-state index contributed by atoms with van der Waals surface area (Å²) in [5, 5.41) is 26.3. The Morgan fingerprint density at radius 3 is 2.82 bits per heavy atom. The van der Waals surface area contributed by atoms with E-state index in [4.69, 9.17) is 11.6 Å². The van der Waals surface area contributed by atoms with Crippen molar-refractivity contribution in [2.24, 2.45) is 0 Å². The van der Waals surface area contributed by atoms with Crippen molar-refractivity contribution in [2.45, 2.75) is 31.8 Å². The Morgan fingerprint density at radius 1 is 1.33 bits per heavy atom. The molecule has 0 radical (unpaired) electrons. The highest BCUT2D eigenvalue weighted by Crippen LogP contribution is 2.32. The van der Waals surface area contributed by atoms with Crippen molar-refractivity contribution in [3.8, 4) is 6.07 Å². The van der Waals surface area contributed by atoms with Crippen LogP contribution in [-0.4, -0.2) is 32.6 Å². The molecule has 4 N–H and O–H groups in total. The van der Waals surface area contributed by atoms with E-state index in [1.165, 1.54) is 12.3 Å². The van der Waals surface area contributed by atoms with E-state index in [0.717, 1.165) is 18.4 Å². The predicted octanol–water partition coefficient (Wildman–Crippen LogP) is 3.18. The summed E-state index contributed by atoms with van der Waals surface area (Å²) in [4.78, 5) is 28.1. The van der Waals surface area contributed by atoms with Crippen LogP contribution in [0.4, 0.5) is 16.4 Å². The van der Waals surface area contributed by atoms with Gasteiger partial charge in [-0.2, -0.15) is 14.9 Å². The number of aromatic nitrogens is 3.